The first-order chi connectivity index (χ1) is 4.24. The summed E-state index contributed by atoms with van der Waals surface area (Å²) >= 11 is 0. The van der Waals surface area contributed by atoms with Crippen molar-refractivity contribution in [2.45, 2.75) is 12.2 Å². The Kier molecular flexibility index (Phi) is 1.78. The van der Waals surface area contributed by atoms with Gasteiger partial charge in [0.1, 0.15) is 12.2 Å². The van der Waals surface area contributed by atoms with Crippen molar-refractivity contribution in [3.05, 3.63) is 11.7 Å². The molecular weight excluding hydrogens is 119 g/mol. The molecule has 0 aromatic rings. The van der Waals surface area contributed by atoms with Crippen molar-refractivity contribution in [2.75, 3.05) is 6.61 Å². The largest absolute Gasteiger partial charge is 0.501 e. The van der Waals surface area contributed by atoms with E-state index in [0.29, 0.717) is 0 Å². The predicted molar refractivity (Wildman–Crippen MR) is 31.8 cm³/mol. The fourth-order valence-corrected chi connectivity index (χ4v) is 0.705. The van der Waals surface area contributed by atoms with E-state index in [-0.39, 0.29) is 12.3 Å². The van der Waals surface area contributed by atoms with Gasteiger partial charge in [-0.15, -0.1) is 0 Å². The zero-order valence-electron chi connectivity index (χ0n) is 4.82. The summed E-state index contributed by atoms with van der Waals surface area (Å²) < 4.78 is 4.76. The highest BCUT2D eigenvalue weighted by Crippen LogP contribution is 2.13. The highest BCUT2D eigenvalue weighted by Gasteiger charge is 2.23. The Labute approximate surface area is 54.4 Å². The minimum atomic E-state index is -0.755. The standard InChI is InChI=1S/C5H7BO3/c6-5-1-3(8)4(2-7)9-5/h1,3-4,7-8H,2H2/t3?,4-/m1/s1. The second kappa shape index (κ2) is 2.41. The van der Waals surface area contributed by atoms with Crippen molar-refractivity contribution in [1.82, 2.24) is 0 Å². The van der Waals surface area contributed by atoms with Crippen molar-refractivity contribution < 1.29 is 14.9 Å². The molecule has 0 amide bonds. The lowest BCUT2D eigenvalue weighted by Gasteiger charge is -2.11. The van der Waals surface area contributed by atoms with E-state index in [0.717, 1.165) is 0 Å². The smallest absolute Gasteiger partial charge is 0.166 e. The summed E-state index contributed by atoms with van der Waals surface area (Å²) in [7, 11) is 5.16. The van der Waals surface area contributed by atoms with E-state index in [4.69, 9.17) is 22.8 Å². The molecule has 1 heterocycles. The molecule has 0 aromatic heterocycles. The Morgan fingerprint density at radius 1 is 1.78 bits per heavy atom. The zero-order chi connectivity index (χ0) is 6.85. The van der Waals surface area contributed by atoms with Crippen LogP contribution in [0.4, 0.5) is 0 Å². The fourth-order valence-electron chi connectivity index (χ4n) is 0.705. The third-order valence-electron chi connectivity index (χ3n) is 1.18. The van der Waals surface area contributed by atoms with Gasteiger partial charge >= 0.3 is 0 Å². The molecule has 3 nitrogen and oxygen atoms in total. The molecule has 2 N–H and O–H groups in total. The summed E-state index contributed by atoms with van der Waals surface area (Å²) in [6.07, 6.45) is 0.0425. The van der Waals surface area contributed by atoms with Crippen LogP contribution in [0.5, 0.6) is 0 Å². The van der Waals surface area contributed by atoms with Gasteiger partial charge in [0.05, 0.1) is 6.61 Å². The number of aliphatic hydroxyl groups is 2. The van der Waals surface area contributed by atoms with Gasteiger partial charge < -0.3 is 14.9 Å². The SMILES string of the molecule is [B]C1=CC(O)[C@@H](CO)O1. The van der Waals surface area contributed by atoms with Crippen molar-refractivity contribution in [2.24, 2.45) is 0 Å². The second-order valence-electron chi connectivity index (χ2n) is 1.90. The molecule has 1 aliphatic rings. The Bertz CT molecular complexity index is 134. The second-order valence-corrected chi connectivity index (χ2v) is 1.90. The van der Waals surface area contributed by atoms with Crippen LogP contribution >= 0.6 is 0 Å². The average molecular weight is 126 g/mol. The van der Waals surface area contributed by atoms with Gasteiger partial charge in [0.25, 0.3) is 0 Å². The highest BCUT2D eigenvalue weighted by molar-refractivity contribution is 6.20. The van der Waals surface area contributed by atoms with E-state index in [1.54, 1.807) is 0 Å². The van der Waals surface area contributed by atoms with E-state index in [1.165, 1.54) is 6.08 Å². The summed E-state index contributed by atoms with van der Waals surface area (Å²) in [6, 6.07) is 0. The first-order valence-corrected chi connectivity index (χ1v) is 2.67. The Morgan fingerprint density at radius 3 is 2.67 bits per heavy atom. The molecule has 9 heavy (non-hydrogen) atoms. The zero-order valence-corrected chi connectivity index (χ0v) is 4.82. The summed E-state index contributed by atoms with van der Waals surface area (Å²) in [4.78, 5) is 0. The van der Waals surface area contributed by atoms with Gasteiger partial charge in [-0.2, -0.15) is 0 Å². The van der Waals surface area contributed by atoms with E-state index in [2.05, 4.69) is 0 Å². The lowest BCUT2D eigenvalue weighted by molar-refractivity contribution is 0.0181. The number of aliphatic hydroxyl groups excluding tert-OH is 2. The van der Waals surface area contributed by atoms with Crippen LogP contribution in [0.2, 0.25) is 0 Å². The maximum atomic E-state index is 8.92. The summed E-state index contributed by atoms with van der Waals surface area (Å²) in [6.45, 7) is -0.210. The molecule has 0 aliphatic carbocycles. The number of hydrogen-bond acceptors (Lipinski definition) is 3. The normalized spacial score (nSPS) is 33.8. The molecule has 0 saturated carbocycles. The molecular formula is C5H7BO3. The first kappa shape index (κ1) is 6.64. The third-order valence-corrected chi connectivity index (χ3v) is 1.18. The Balaban J connectivity index is 2.49. The van der Waals surface area contributed by atoms with Crippen LogP contribution in [0.25, 0.3) is 0 Å². The Morgan fingerprint density at radius 2 is 2.44 bits per heavy atom. The van der Waals surface area contributed by atoms with Crippen molar-refractivity contribution in [3.8, 4) is 0 Å². The van der Waals surface area contributed by atoms with Crippen LogP contribution in [-0.2, 0) is 4.74 Å². The monoisotopic (exact) mass is 126 g/mol. The molecule has 1 rings (SSSR count). The van der Waals surface area contributed by atoms with Gasteiger partial charge in [0, 0.05) is 5.66 Å². The van der Waals surface area contributed by atoms with Crippen LogP contribution in [0.3, 0.4) is 0 Å². The maximum absolute atomic E-state index is 8.92. The summed E-state index contributed by atoms with van der Waals surface area (Å²) in [5.74, 6) is 0. The highest BCUT2D eigenvalue weighted by atomic mass is 16.5. The van der Waals surface area contributed by atoms with E-state index in [1.807, 2.05) is 0 Å². The van der Waals surface area contributed by atoms with Crippen molar-refractivity contribution >= 4 is 7.85 Å². The van der Waals surface area contributed by atoms with Gasteiger partial charge in [-0.3, -0.25) is 0 Å². The number of hydrogen-bond donors (Lipinski definition) is 2. The van der Waals surface area contributed by atoms with Gasteiger partial charge in [0.15, 0.2) is 7.85 Å². The molecule has 1 unspecified atom stereocenters. The van der Waals surface area contributed by atoms with Gasteiger partial charge in [-0.1, -0.05) is 0 Å². The van der Waals surface area contributed by atoms with Crippen LogP contribution in [-0.4, -0.2) is 36.9 Å². The predicted octanol–water partition coefficient (Wildman–Crippen LogP) is -1.25. The molecule has 2 radical (unpaired) electrons. The molecule has 48 valence electrons. The molecule has 4 heteroatoms. The molecule has 0 bridgehead atoms. The van der Waals surface area contributed by atoms with Crippen LogP contribution in [0.1, 0.15) is 0 Å². The summed E-state index contributed by atoms with van der Waals surface area (Å²) in [5, 5.41) is 17.4. The lowest BCUT2D eigenvalue weighted by Crippen LogP contribution is -2.25. The van der Waals surface area contributed by atoms with E-state index in [9.17, 15) is 0 Å². The van der Waals surface area contributed by atoms with Crippen molar-refractivity contribution in [1.29, 1.82) is 0 Å². The Hall–Kier alpha value is -0.475. The molecule has 0 spiro atoms. The molecule has 0 fully saturated rings. The number of rotatable bonds is 1. The van der Waals surface area contributed by atoms with Gasteiger partial charge in [0.2, 0.25) is 0 Å². The first-order valence-electron chi connectivity index (χ1n) is 2.67. The lowest BCUT2D eigenvalue weighted by atomic mass is 10.1. The fraction of sp³-hybridized carbons (Fsp3) is 0.600. The molecule has 0 aromatic carbocycles. The minimum absolute atomic E-state index is 0.182. The maximum Gasteiger partial charge on any atom is 0.166 e. The molecule has 1 aliphatic heterocycles. The minimum Gasteiger partial charge on any atom is -0.501 e. The third kappa shape index (κ3) is 1.26. The van der Waals surface area contributed by atoms with Crippen LogP contribution in [0.15, 0.2) is 11.7 Å². The van der Waals surface area contributed by atoms with Crippen LogP contribution < -0.4 is 0 Å². The molecule has 2 atom stereocenters. The average Bonchev–Trinajstić information content (AvgIpc) is 2.10. The topological polar surface area (TPSA) is 49.7 Å². The molecule has 0 saturated heterocycles. The van der Waals surface area contributed by atoms with Crippen LogP contribution in [0, 0.1) is 0 Å². The summed E-state index contributed by atoms with van der Waals surface area (Å²) in [5.41, 5.74) is 0.182. The van der Waals surface area contributed by atoms with Gasteiger partial charge in [-0.05, 0) is 6.08 Å². The van der Waals surface area contributed by atoms with Crippen molar-refractivity contribution in [3.63, 3.8) is 0 Å². The van der Waals surface area contributed by atoms with Gasteiger partial charge in [-0.25, -0.2) is 0 Å². The quantitative estimate of drug-likeness (QED) is 0.431. The number of ether oxygens (including phenoxy) is 1. The van der Waals surface area contributed by atoms with E-state index < -0.39 is 12.2 Å². The van der Waals surface area contributed by atoms with E-state index >= 15 is 0 Å².